The molecule has 2 saturated heterocycles. The summed E-state index contributed by atoms with van der Waals surface area (Å²) in [5, 5.41) is 13.4. The average Bonchev–Trinajstić information content (AvgIpc) is 3.59. The molecule has 0 aliphatic carbocycles. The summed E-state index contributed by atoms with van der Waals surface area (Å²) >= 11 is 0. The second-order valence-corrected chi connectivity index (χ2v) is 15.2. The number of aromatic amines is 1. The van der Waals surface area contributed by atoms with Crippen molar-refractivity contribution in [3.05, 3.63) is 64.4 Å². The zero-order valence-corrected chi connectivity index (χ0v) is 23.4. The molecule has 1 aromatic heterocycles. The smallest absolute Gasteiger partial charge is 0.279 e. The largest absolute Gasteiger partial charge is 0.394 e. The average molecular weight is 540 g/mol. The van der Waals surface area contributed by atoms with Gasteiger partial charge < -0.3 is 18.9 Å². The second kappa shape index (κ2) is 10.8. The molecule has 2 aliphatic rings. The van der Waals surface area contributed by atoms with Gasteiger partial charge >= 0.3 is 0 Å². The van der Waals surface area contributed by atoms with Gasteiger partial charge in [0.25, 0.3) is 5.56 Å². The van der Waals surface area contributed by atoms with Gasteiger partial charge in [-0.3, -0.25) is 14.7 Å². The molecule has 1 amide bonds. The highest BCUT2D eigenvalue weighted by atomic mass is 28.4. The number of carbonyl (C=O) groups excluding carboxylic acids is 1. The Hall–Kier alpha value is -2.75. The molecule has 0 spiro atoms. The minimum Gasteiger partial charge on any atom is -0.394 e. The molecule has 7 nitrogen and oxygen atoms in total. The summed E-state index contributed by atoms with van der Waals surface area (Å²) in [6.45, 7) is 6.11. The number of aryl methyl sites for hydroxylation is 1. The molecule has 2 N–H and O–H groups in total. The third-order valence-corrected chi connectivity index (χ3v) is 11.0. The molecule has 2 fully saturated rings. The van der Waals surface area contributed by atoms with Gasteiger partial charge in [-0.25, -0.2) is 4.68 Å². The Morgan fingerprint density at radius 3 is 2.58 bits per heavy atom. The topological polar surface area (TPSA) is 87.6 Å². The highest BCUT2D eigenvalue weighted by Gasteiger charge is 2.52. The van der Waals surface area contributed by atoms with Gasteiger partial charge in [-0.05, 0) is 74.5 Å². The van der Waals surface area contributed by atoms with Crippen LogP contribution in [0, 0.1) is 5.92 Å². The van der Waals surface area contributed by atoms with E-state index >= 15 is 4.11 Å². The lowest BCUT2D eigenvalue weighted by atomic mass is 9.95. The van der Waals surface area contributed by atoms with E-state index in [0.717, 1.165) is 42.5 Å². The van der Waals surface area contributed by atoms with Crippen LogP contribution in [-0.2, 0) is 16.0 Å². The van der Waals surface area contributed by atoms with E-state index in [1.807, 2.05) is 48.5 Å². The van der Waals surface area contributed by atoms with Crippen LogP contribution in [0.5, 0.6) is 0 Å². The Morgan fingerprint density at radius 1 is 1.16 bits per heavy atom. The van der Waals surface area contributed by atoms with Gasteiger partial charge in [0, 0.05) is 12.1 Å². The molecule has 204 valence electrons. The van der Waals surface area contributed by atoms with E-state index in [9.17, 15) is 14.7 Å². The Kier molecular flexibility index (Phi) is 7.62. The number of nitrogens with zero attached hydrogens (tertiary/aromatic N) is 2. The number of rotatable bonds is 8. The van der Waals surface area contributed by atoms with Crippen molar-refractivity contribution in [1.29, 1.82) is 0 Å². The van der Waals surface area contributed by atoms with Gasteiger partial charge in [-0.2, -0.15) is 0 Å². The Labute approximate surface area is 223 Å². The number of aliphatic hydroxyl groups is 1. The maximum Gasteiger partial charge on any atom is 0.279 e. The summed E-state index contributed by atoms with van der Waals surface area (Å²) in [5.74, 6) is -0.0126. The predicted molar refractivity (Wildman–Crippen MR) is 149 cm³/mol. The molecular formula is C29H38FN3O4Si. The first-order valence-electron chi connectivity index (χ1n) is 13.7. The van der Waals surface area contributed by atoms with Crippen LogP contribution in [0.1, 0.15) is 38.2 Å². The van der Waals surface area contributed by atoms with Crippen LogP contribution >= 0.6 is 0 Å². The molecule has 0 bridgehead atoms. The van der Waals surface area contributed by atoms with Gasteiger partial charge in [-0.1, -0.05) is 31.2 Å². The molecule has 38 heavy (non-hydrogen) atoms. The molecule has 2 aromatic carbocycles. The number of halogens is 1. The van der Waals surface area contributed by atoms with E-state index in [1.54, 1.807) is 22.7 Å². The van der Waals surface area contributed by atoms with E-state index < -0.39 is 14.5 Å². The van der Waals surface area contributed by atoms with Crippen LogP contribution in [-0.4, -0.2) is 65.5 Å². The van der Waals surface area contributed by atoms with Gasteiger partial charge in [-0.15, -0.1) is 0 Å². The summed E-state index contributed by atoms with van der Waals surface area (Å²) in [5.41, 5.74) is 2.36. The van der Waals surface area contributed by atoms with Crippen LogP contribution in [0.25, 0.3) is 16.6 Å². The molecule has 3 heterocycles. The standard InChI is InChI=1S/C29H38FN3O4Si/c1-19-25(37-26(28(19)38(2,3)30)17-27(35)32-16-6-7-22(32)18-34)15-12-20-10-13-21(14-11-20)33-29(36)23-8-4-5-9-24(23)31-33/h4-5,8-11,13-14,19,22,25-26,28,31,34H,6-7,12,15-18H2,1-3H3/t19-,22+,25+,26-,28+/m1/s1. The van der Waals surface area contributed by atoms with Gasteiger partial charge in [0.1, 0.15) is 0 Å². The number of hydrogen-bond donors (Lipinski definition) is 2. The number of likely N-dealkylation sites (tertiary alicyclic amines) is 1. The molecule has 0 radical (unpaired) electrons. The van der Waals surface area contributed by atoms with Crippen LogP contribution in [0.3, 0.4) is 0 Å². The quantitative estimate of drug-likeness (QED) is 0.324. The molecule has 5 atom stereocenters. The fraction of sp³-hybridized carbons (Fsp3) is 0.517. The molecule has 9 heteroatoms. The number of aliphatic hydroxyl groups excluding tert-OH is 1. The van der Waals surface area contributed by atoms with Gasteiger partial charge in [0.15, 0.2) is 0 Å². The number of carbonyl (C=O) groups is 1. The fourth-order valence-electron chi connectivity index (χ4n) is 6.58. The zero-order valence-electron chi connectivity index (χ0n) is 22.4. The van der Waals surface area contributed by atoms with Crippen LogP contribution in [0.2, 0.25) is 18.6 Å². The highest BCUT2D eigenvalue weighted by molar-refractivity contribution is 6.72. The Bertz CT molecular complexity index is 1330. The van der Waals surface area contributed by atoms with Crippen molar-refractivity contribution < 1.29 is 18.7 Å². The molecule has 5 rings (SSSR count). The highest BCUT2D eigenvalue weighted by Crippen LogP contribution is 2.47. The van der Waals surface area contributed by atoms with Crippen LogP contribution in [0.15, 0.2) is 53.3 Å². The SMILES string of the molecule is C[C@H]1[C@H]([Si](C)(C)F)[C@@H](CC(=O)N2CCC[C@H]2CO)O[C@H]1CCc1ccc(-n2[nH]c3ccccc3c2=O)cc1. The van der Waals surface area contributed by atoms with Crippen molar-refractivity contribution in [1.82, 2.24) is 14.7 Å². The van der Waals surface area contributed by atoms with E-state index in [2.05, 4.69) is 12.0 Å². The van der Waals surface area contributed by atoms with Crippen LogP contribution < -0.4 is 5.56 Å². The molecule has 0 saturated carbocycles. The summed E-state index contributed by atoms with van der Waals surface area (Å²) in [7, 11) is -3.08. The molecule has 2 aliphatic heterocycles. The van der Waals surface area contributed by atoms with Crippen molar-refractivity contribution in [2.45, 2.75) is 75.9 Å². The number of nitrogens with one attached hydrogen (secondary N) is 1. The maximum absolute atomic E-state index is 15.5. The summed E-state index contributed by atoms with van der Waals surface area (Å²) in [6.07, 6.45) is 2.83. The fourth-order valence-corrected chi connectivity index (χ4v) is 9.13. The van der Waals surface area contributed by atoms with Crippen LogP contribution in [0.4, 0.5) is 4.11 Å². The van der Waals surface area contributed by atoms with E-state index in [-0.39, 0.29) is 48.1 Å². The number of fused-ring (bicyclic) bond motifs is 1. The zero-order chi connectivity index (χ0) is 27.0. The van der Waals surface area contributed by atoms with Crippen molar-refractivity contribution >= 4 is 25.2 Å². The summed E-state index contributed by atoms with van der Waals surface area (Å²) in [6, 6.07) is 15.2. The second-order valence-electron chi connectivity index (χ2n) is 11.4. The van der Waals surface area contributed by atoms with Crippen molar-refractivity contribution in [3.63, 3.8) is 0 Å². The number of hydrogen-bond acceptors (Lipinski definition) is 4. The number of amides is 1. The van der Waals surface area contributed by atoms with Crippen molar-refractivity contribution in [2.24, 2.45) is 5.92 Å². The van der Waals surface area contributed by atoms with E-state index in [1.165, 1.54) is 0 Å². The third-order valence-electron chi connectivity index (χ3n) is 8.48. The minimum absolute atomic E-state index is 0.0240. The monoisotopic (exact) mass is 539 g/mol. The predicted octanol–water partition coefficient (Wildman–Crippen LogP) is 4.57. The minimum atomic E-state index is -3.08. The molecule has 3 aromatic rings. The van der Waals surface area contributed by atoms with Crippen molar-refractivity contribution in [2.75, 3.05) is 13.2 Å². The van der Waals surface area contributed by atoms with Gasteiger partial charge in [0.2, 0.25) is 14.3 Å². The number of H-pyrrole nitrogens is 1. The molecule has 0 unspecified atom stereocenters. The first-order valence-corrected chi connectivity index (χ1v) is 16.7. The summed E-state index contributed by atoms with van der Waals surface area (Å²) < 4.78 is 23.4. The van der Waals surface area contributed by atoms with E-state index in [0.29, 0.717) is 11.9 Å². The lowest BCUT2D eigenvalue weighted by Crippen LogP contribution is -2.42. The first kappa shape index (κ1) is 26.8. The lowest BCUT2D eigenvalue weighted by molar-refractivity contribution is -0.135. The molecular weight excluding hydrogens is 501 g/mol. The number of para-hydroxylation sites is 1. The maximum atomic E-state index is 15.5. The van der Waals surface area contributed by atoms with E-state index in [4.69, 9.17) is 4.74 Å². The third kappa shape index (κ3) is 5.24. The number of benzene rings is 2. The lowest BCUT2D eigenvalue weighted by Gasteiger charge is -2.30. The number of aromatic nitrogens is 2. The Morgan fingerprint density at radius 2 is 1.89 bits per heavy atom. The Balaban J connectivity index is 1.25. The van der Waals surface area contributed by atoms with Gasteiger partial charge in [0.05, 0.1) is 47.9 Å². The normalized spacial score (nSPS) is 25.9. The van der Waals surface area contributed by atoms with Crippen molar-refractivity contribution in [3.8, 4) is 5.69 Å². The number of ether oxygens (including phenoxy) is 1. The first-order chi connectivity index (χ1) is 18.2. The summed E-state index contributed by atoms with van der Waals surface area (Å²) in [4.78, 5) is 27.6.